The van der Waals surface area contributed by atoms with Crippen molar-refractivity contribution in [2.45, 2.75) is 52.2 Å². The molecule has 3 nitrogen and oxygen atoms in total. The van der Waals surface area contributed by atoms with E-state index >= 15 is 0 Å². The van der Waals surface area contributed by atoms with E-state index in [9.17, 15) is 5.11 Å². The van der Waals surface area contributed by atoms with Crippen LogP contribution in [0.4, 0.5) is 0 Å². The fraction of sp³-hybridized carbons (Fsp3) is 1.00. The molecule has 0 bridgehead atoms. The zero-order chi connectivity index (χ0) is 11.0. The molecule has 0 rings (SSSR count). The van der Waals surface area contributed by atoms with Crippen molar-refractivity contribution >= 4 is 0 Å². The summed E-state index contributed by atoms with van der Waals surface area (Å²) in [5, 5.41) is 12.7. The Morgan fingerprint density at radius 3 is 2.50 bits per heavy atom. The summed E-state index contributed by atoms with van der Waals surface area (Å²) in [5.74, 6) is 0. The number of aliphatic hydroxyl groups excluding tert-OH is 1. The van der Waals surface area contributed by atoms with Crippen molar-refractivity contribution in [1.29, 1.82) is 0 Å². The van der Waals surface area contributed by atoms with Crippen LogP contribution in [0, 0.1) is 0 Å². The summed E-state index contributed by atoms with van der Waals surface area (Å²) in [6.07, 6.45) is 1.94. The highest BCUT2D eigenvalue weighted by molar-refractivity contribution is 4.63. The highest BCUT2D eigenvalue weighted by Crippen LogP contribution is 2.06. The summed E-state index contributed by atoms with van der Waals surface area (Å²) >= 11 is 0. The van der Waals surface area contributed by atoms with E-state index in [4.69, 9.17) is 4.74 Å². The molecule has 14 heavy (non-hydrogen) atoms. The molecule has 1 unspecified atom stereocenters. The van der Waals surface area contributed by atoms with Crippen LogP contribution in [0.1, 0.15) is 40.5 Å². The number of unbranched alkanes of at least 4 members (excludes halogenated alkanes) is 1. The van der Waals surface area contributed by atoms with Crippen LogP contribution in [0.5, 0.6) is 0 Å². The van der Waals surface area contributed by atoms with E-state index in [0.29, 0.717) is 13.2 Å². The average molecular weight is 203 g/mol. The van der Waals surface area contributed by atoms with Gasteiger partial charge in [-0.1, -0.05) is 13.3 Å². The van der Waals surface area contributed by atoms with Crippen LogP contribution in [0.25, 0.3) is 0 Å². The lowest BCUT2D eigenvalue weighted by atomic mass is 10.2. The lowest BCUT2D eigenvalue weighted by molar-refractivity contribution is -0.0478. The van der Waals surface area contributed by atoms with E-state index in [1.165, 1.54) is 6.42 Å². The normalized spacial score (nSPS) is 14.4. The Morgan fingerprint density at radius 1 is 1.36 bits per heavy atom. The second-order valence-corrected chi connectivity index (χ2v) is 4.63. The summed E-state index contributed by atoms with van der Waals surface area (Å²) in [6, 6.07) is 0. The summed E-state index contributed by atoms with van der Waals surface area (Å²) in [4.78, 5) is 0. The number of rotatable bonds is 7. The maximum atomic E-state index is 9.52. The fourth-order valence-corrected chi connectivity index (χ4v) is 0.976. The van der Waals surface area contributed by atoms with E-state index < -0.39 is 6.10 Å². The van der Waals surface area contributed by atoms with Gasteiger partial charge in [-0.2, -0.15) is 0 Å². The first-order valence-electron chi connectivity index (χ1n) is 5.48. The molecule has 86 valence electrons. The number of ether oxygens (including phenoxy) is 1. The maximum Gasteiger partial charge on any atom is 0.0897 e. The van der Waals surface area contributed by atoms with Gasteiger partial charge in [0.1, 0.15) is 0 Å². The first-order valence-corrected chi connectivity index (χ1v) is 5.48. The first-order chi connectivity index (χ1) is 6.45. The van der Waals surface area contributed by atoms with Crippen LogP contribution in [0.15, 0.2) is 0 Å². The van der Waals surface area contributed by atoms with Gasteiger partial charge in [0, 0.05) is 6.54 Å². The molecule has 0 aliphatic heterocycles. The van der Waals surface area contributed by atoms with Gasteiger partial charge in [0.2, 0.25) is 0 Å². The number of aliphatic hydroxyl groups is 1. The fourth-order valence-electron chi connectivity index (χ4n) is 0.976. The summed E-state index contributed by atoms with van der Waals surface area (Å²) in [5.41, 5.74) is -0.162. The van der Waals surface area contributed by atoms with Crippen LogP contribution in [0.3, 0.4) is 0 Å². The Morgan fingerprint density at radius 2 is 2.00 bits per heavy atom. The van der Waals surface area contributed by atoms with Gasteiger partial charge in [-0.3, -0.25) is 0 Å². The molecular formula is C11H25NO2. The molecule has 0 spiro atoms. The van der Waals surface area contributed by atoms with Crippen LogP contribution in [-0.4, -0.2) is 36.5 Å². The molecule has 0 radical (unpaired) electrons. The van der Waals surface area contributed by atoms with Gasteiger partial charge in [-0.05, 0) is 33.7 Å². The van der Waals surface area contributed by atoms with Crippen molar-refractivity contribution in [3.8, 4) is 0 Å². The molecule has 0 heterocycles. The third-order valence-electron chi connectivity index (χ3n) is 1.80. The Hall–Kier alpha value is -0.120. The van der Waals surface area contributed by atoms with Crippen molar-refractivity contribution in [1.82, 2.24) is 5.32 Å². The number of nitrogens with one attached hydrogen (secondary N) is 1. The van der Waals surface area contributed by atoms with Gasteiger partial charge < -0.3 is 15.2 Å². The van der Waals surface area contributed by atoms with E-state index in [-0.39, 0.29) is 5.60 Å². The Kier molecular flexibility index (Phi) is 7.15. The van der Waals surface area contributed by atoms with Gasteiger partial charge in [-0.15, -0.1) is 0 Å². The summed E-state index contributed by atoms with van der Waals surface area (Å²) < 4.78 is 5.46. The molecule has 0 aliphatic carbocycles. The number of hydrogen-bond donors (Lipinski definition) is 2. The lowest BCUT2D eigenvalue weighted by Gasteiger charge is -2.22. The molecule has 0 aromatic carbocycles. The first kappa shape index (κ1) is 13.9. The van der Waals surface area contributed by atoms with Crippen molar-refractivity contribution in [3.05, 3.63) is 0 Å². The molecule has 0 saturated carbocycles. The molecule has 0 aromatic rings. The predicted molar refractivity (Wildman–Crippen MR) is 59.5 cm³/mol. The van der Waals surface area contributed by atoms with Gasteiger partial charge in [0.05, 0.1) is 18.3 Å². The van der Waals surface area contributed by atoms with Crippen molar-refractivity contribution in [2.24, 2.45) is 0 Å². The molecule has 0 saturated heterocycles. The minimum absolute atomic E-state index is 0.162. The zero-order valence-corrected chi connectivity index (χ0v) is 9.97. The highest BCUT2D eigenvalue weighted by Gasteiger charge is 2.12. The van der Waals surface area contributed by atoms with Crippen LogP contribution >= 0.6 is 0 Å². The van der Waals surface area contributed by atoms with Crippen molar-refractivity contribution in [3.63, 3.8) is 0 Å². The van der Waals surface area contributed by atoms with E-state index in [1.807, 2.05) is 20.8 Å². The van der Waals surface area contributed by atoms with E-state index in [0.717, 1.165) is 13.0 Å². The predicted octanol–water partition coefficient (Wildman–Crippen LogP) is 1.55. The summed E-state index contributed by atoms with van der Waals surface area (Å²) in [7, 11) is 0. The monoisotopic (exact) mass is 203 g/mol. The van der Waals surface area contributed by atoms with Crippen molar-refractivity contribution in [2.75, 3.05) is 19.7 Å². The molecular weight excluding hydrogens is 178 g/mol. The minimum atomic E-state index is -0.397. The Bertz CT molecular complexity index is 132. The SMILES string of the molecule is CCCCNCC(O)COC(C)(C)C. The second-order valence-electron chi connectivity index (χ2n) is 4.63. The standard InChI is InChI=1S/C11H25NO2/c1-5-6-7-12-8-10(13)9-14-11(2,3)4/h10,12-13H,5-9H2,1-4H3. The van der Waals surface area contributed by atoms with Crippen LogP contribution in [0.2, 0.25) is 0 Å². The molecule has 2 N–H and O–H groups in total. The average Bonchev–Trinajstić information content (AvgIpc) is 2.08. The largest absolute Gasteiger partial charge is 0.389 e. The third-order valence-corrected chi connectivity index (χ3v) is 1.80. The summed E-state index contributed by atoms with van der Waals surface area (Å²) in [6.45, 7) is 10.1. The van der Waals surface area contributed by atoms with Crippen LogP contribution < -0.4 is 5.32 Å². The van der Waals surface area contributed by atoms with E-state index in [1.54, 1.807) is 0 Å². The molecule has 3 heteroatoms. The molecule has 0 aliphatic rings. The Labute approximate surface area is 87.8 Å². The molecule has 0 fully saturated rings. The lowest BCUT2D eigenvalue weighted by Crippen LogP contribution is -2.34. The van der Waals surface area contributed by atoms with E-state index in [2.05, 4.69) is 12.2 Å². The molecule has 0 amide bonds. The zero-order valence-electron chi connectivity index (χ0n) is 9.97. The smallest absolute Gasteiger partial charge is 0.0897 e. The maximum absolute atomic E-state index is 9.52. The molecule has 1 atom stereocenters. The second kappa shape index (κ2) is 7.21. The minimum Gasteiger partial charge on any atom is -0.389 e. The molecule has 0 aromatic heterocycles. The van der Waals surface area contributed by atoms with Gasteiger partial charge >= 0.3 is 0 Å². The third kappa shape index (κ3) is 9.96. The quantitative estimate of drug-likeness (QED) is 0.617. The van der Waals surface area contributed by atoms with Gasteiger partial charge in [0.25, 0.3) is 0 Å². The topological polar surface area (TPSA) is 41.5 Å². The van der Waals surface area contributed by atoms with Crippen molar-refractivity contribution < 1.29 is 9.84 Å². The highest BCUT2D eigenvalue weighted by atomic mass is 16.5. The Balaban J connectivity index is 3.32. The van der Waals surface area contributed by atoms with Gasteiger partial charge in [0.15, 0.2) is 0 Å². The number of hydrogen-bond acceptors (Lipinski definition) is 3. The van der Waals surface area contributed by atoms with Gasteiger partial charge in [-0.25, -0.2) is 0 Å². The van der Waals surface area contributed by atoms with Crippen LogP contribution in [-0.2, 0) is 4.74 Å².